The van der Waals surface area contributed by atoms with Crippen LogP contribution in [0.2, 0.25) is 0 Å². The molecule has 5 rings (SSSR count). The highest BCUT2D eigenvalue weighted by atomic mass is 16.2. The number of nitrogen functional groups attached to an aromatic ring is 1. The Balaban J connectivity index is 1.25. The fourth-order valence-corrected chi connectivity index (χ4v) is 4.34. The van der Waals surface area contributed by atoms with Gasteiger partial charge < -0.3 is 20.9 Å². The number of fused-ring (bicyclic) bond motifs is 2. The Bertz CT molecular complexity index is 1380. The average molecular weight is 414 g/mol. The van der Waals surface area contributed by atoms with Gasteiger partial charge in [-0.05, 0) is 34.7 Å². The second-order valence-corrected chi connectivity index (χ2v) is 8.01. The van der Waals surface area contributed by atoms with Crippen molar-refractivity contribution in [1.29, 1.82) is 0 Å². The van der Waals surface area contributed by atoms with E-state index in [0.717, 1.165) is 34.0 Å². The van der Waals surface area contributed by atoms with Crippen molar-refractivity contribution in [1.82, 2.24) is 10.3 Å². The van der Waals surface area contributed by atoms with Gasteiger partial charge in [0.05, 0.1) is 6.42 Å². The lowest BCUT2D eigenvalue weighted by Crippen LogP contribution is -2.44. The van der Waals surface area contributed by atoms with Crippen LogP contribution in [0.5, 0.6) is 0 Å². The van der Waals surface area contributed by atoms with Gasteiger partial charge in [0, 0.05) is 36.7 Å². The Morgan fingerprint density at radius 3 is 2.77 bits per heavy atom. The van der Waals surface area contributed by atoms with Gasteiger partial charge in [-0.2, -0.15) is 0 Å². The highest BCUT2D eigenvalue weighted by molar-refractivity contribution is 5.88. The van der Waals surface area contributed by atoms with Crippen molar-refractivity contribution >= 4 is 28.2 Å². The summed E-state index contributed by atoms with van der Waals surface area (Å²) in [7, 11) is 0. The Morgan fingerprint density at radius 2 is 1.94 bits per heavy atom. The van der Waals surface area contributed by atoms with Crippen LogP contribution < -0.4 is 26.8 Å². The second-order valence-electron chi connectivity index (χ2n) is 8.01. The summed E-state index contributed by atoms with van der Waals surface area (Å²) in [6.45, 7) is 1.61. The number of carbonyl (C=O) groups excluding carboxylic acids is 1. The molecule has 4 aromatic rings. The molecule has 0 bridgehead atoms. The van der Waals surface area contributed by atoms with Gasteiger partial charge in [-0.15, -0.1) is 0 Å². The van der Waals surface area contributed by atoms with Crippen LogP contribution in [0.4, 0.5) is 11.4 Å². The number of H-pyrrole nitrogens is 1. The normalized spacial score (nSPS) is 13.5. The summed E-state index contributed by atoms with van der Waals surface area (Å²) in [6, 6.07) is 14.1. The average Bonchev–Trinajstić information content (AvgIpc) is 3.20. The van der Waals surface area contributed by atoms with E-state index < -0.39 is 10.9 Å². The van der Waals surface area contributed by atoms with E-state index in [0.29, 0.717) is 31.7 Å². The highest BCUT2D eigenvalue weighted by Gasteiger charge is 2.26. The number of anilines is 2. The molecule has 0 unspecified atom stereocenters. The molecule has 3 aromatic carbocycles. The van der Waals surface area contributed by atoms with Crippen molar-refractivity contribution in [3.05, 3.63) is 91.4 Å². The van der Waals surface area contributed by atoms with Gasteiger partial charge in [-0.3, -0.25) is 14.4 Å². The smallest absolute Gasteiger partial charge is 0.253 e. The van der Waals surface area contributed by atoms with E-state index in [-0.39, 0.29) is 11.6 Å². The molecule has 1 aliphatic rings. The molecule has 0 saturated heterocycles. The molecule has 1 aromatic heterocycles. The molecule has 1 aliphatic heterocycles. The predicted octanol–water partition coefficient (Wildman–Crippen LogP) is 1.77. The van der Waals surface area contributed by atoms with Crippen molar-refractivity contribution in [3.63, 3.8) is 0 Å². The number of benzene rings is 2. The number of hydrogen-bond donors (Lipinski definition) is 3. The molecule has 2 heterocycles. The van der Waals surface area contributed by atoms with Gasteiger partial charge in [0.25, 0.3) is 10.9 Å². The van der Waals surface area contributed by atoms with Crippen LogP contribution in [-0.4, -0.2) is 17.4 Å². The molecular formula is C24H22N4O3. The molecule has 0 atom stereocenters. The van der Waals surface area contributed by atoms with Gasteiger partial charge in [0.1, 0.15) is 11.4 Å². The molecule has 1 amide bonds. The molecular weight excluding hydrogens is 392 g/mol. The lowest BCUT2D eigenvalue weighted by atomic mass is 9.96. The van der Waals surface area contributed by atoms with E-state index >= 15 is 0 Å². The van der Waals surface area contributed by atoms with E-state index in [1.165, 1.54) is 5.56 Å². The van der Waals surface area contributed by atoms with Crippen LogP contribution in [0.3, 0.4) is 0 Å². The Labute approximate surface area is 178 Å². The molecule has 0 radical (unpaired) electrons. The summed E-state index contributed by atoms with van der Waals surface area (Å²) < 4.78 is 0. The molecule has 31 heavy (non-hydrogen) atoms. The molecule has 0 spiro atoms. The number of carbonyl (C=O) groups is 1. The predicted molar refractivity (Wildman–Crippen MR) is 121 cm³/mol. The van der Waals surface area contributed by atoms with Crippen molar-refractivity contribution < 1.29 is 4.79 Å². The third-order valence-corrected chi connectivity index (χ3v) is 6.04. The molecule has 0 fully saturated rings. The van der Waals surface area contributed by atoms with Crippen molar-refractivity contribution in [2.24, 2.45) is 0 Å². The Kier molecular flexibility index (Phi) is 4.58. The number of para-hydroxylation sites is 1. The number of amides is 1. The molecule has 7 heteroatoms. The molecule has 7 nitrogen and oxygen atoms in total. The van der Waals surface area contributed by atoms with Gasteiger partial charge in [-0.1, -0.05) is 36.4 Å². The van der Waals surface area contributed by atoms with E-state index in [1.807, 2.05) is 41.4 Å². The number of nitrogens with two attached hydrogens (primary N) is 1. The minimum atomic E-state index is -0.590. The lowest BCUT2D eigenvalue weighted by molar-refractivity contribution is -0.120. The number of aromatic nitrogens is 1. The van der Waals surface area contributed by atoms with E-state index in [4.69, 9.17) is 5.73 Å². The largest absolute Gasteiger partial charge is 0.394 e. The van der Waals surface area contributed by atoms with Gasteiger partial charge >= 0.3 is 0 Å². The third-order valence-electron chi connectivity index (χ3n) is 6.04. The first-order chi connectivity index (χ1) is 15.0. The Hall–Kier alpha value is -3.87. The topological polar surface area (TPSA) is 108 Å². The Morgan fingerprint density at radius 1 is 1.10 bits per heavy atom. The first-order valence-electron chi connectivity index (χ1n) is 10.3. The second kappa shape index (κ2) is 7.43. The first-order valence-corrected chi connectivity index (χ1v) is 10.3. The quantitative estimate of drug-likeness (QED) is 0.431. The van der Waals surface area contributed by atoms with Gasteiger partial charge in [0.2, 0.25) is 5.91 Å². The summed E-state index contributed by atoms with van der Waals surface area (Å²) >= 11 is 0. The minimum absolute atomic E-state index is 0.0411. The number of aromatic amines is 1. The summed E-state index contributed by atoms with van der Waals surface area (Å²) in [6.07, 6.45) is 2.97. The SMILES string of the molecule is Nc1c(N2CCc3ccc(CNC(=O)Cc4c[nH]c5ccccc45)cc3C2)c(=O)c1=O. The van der Waals surface area contributed by atoms with E-state index in [2.05, 4.69) is 22.4 Å². The van der Waals surface area contributed by atoms with Crippen LogP contribution in [0.25, 0.3) is 10.9 Å². The van der Waals surface area contributed by atoms with Crippen molar-refractivity contribution in [2.75, 3.05) is 17.2 Å². The van der Waals surface area contributed by atoms with Crippen LogP contribution in [0.1, 0.15) is 22.3 Å². The first kappa shape index (κ1) is 19.1. The standard InChI is InChI=1S/C24H22N4O3/c25-21-22(24(31)23(21)30)28-8-7-15-6-5-14(9-17(15)13-28)11-27-20(29)10-16-12-26-19-4-2-1-3-18(16)19/h1-6,9,12,26H,7-8,10-11,13,25H2,(H,27,29). The van der Waals surface area contributed by atoms with E-state index in [9.17, 15) is 14.4 Å². The summed E-state index contributed by atoms with van der Waals surface area (Å²) in [5.41, 5.74) is 10.3. The van der Waals surface area contributed by atoms with Crippen LogP contribution in [0.15, 0.2) is 58.3 Å². The lowest BCUT2D eigenvalue weighted by Gasteiger charge is -2.32. The maximum absolute atomic E-state index is 12.5. The number of nitrogens with zero attached hydrogens (tertiary/aromatic N) is 1. The summed E-state index contributed by atoms with van der Waals surface area (Å²) in [5, 5.41) is 4.05. The number of hydrogen-bond acceptors (Lipinski definition) is 5. The highest BCUT2D eigenvalue weighted by Crippen LogP contribution is 2.26. The van der Waals surface area contributed by atoms with Crippen LogP contribution in [-0.2, 0) is 30.7 Å². The van der Waals surface area contributed by atoms with Crippen LogP contribution >= 0.6 is 0 Å². The number of rotatable bonds is 5. The minimum Gasteiger partial charge on any atom is -0.394 e. The zero-order chi connectivity index (χ0) is 21.5. The maximum Gasteiger partial charge on any atom is 0.253 e. The maximum atomic E-state index is 12.5. The molecule has 0 saturated carbocycles. The van der Waals surface area contributed by atoms with Crippen molar-refractivity contribution in [3.8, 4) is 0 Å². The zero-order valence-corrected chi connectivity index (χ0v) is 16.9. The zero-order valence-electron chi connectivity index (χ0n) is 16.9. The number of nitrogens with one attached hydrogen (secondary N) is 2. The van der Waals surface area contributed by atoms with Gasteiger partial charge in [-0.25, -0.2) is 0 Å². The van der Waals surface area contributed by atoms with E-state index in [1.54, 1.807) is 0 Å². The molecule has 4 N–H and O–H groups in total. The summed E-state index contributed by atoms with van der Waals surface area (Å²) in [4.78, 5) is 40.9. The summed E-state index contributed by atoms with van der Waals surface area (Å²) in [5.74, 6) is -0.0411. The monoisotopic (exact) mass is 414 g/mol. The van der Waals surface area contributed by atoms with Crippen LogP contribution in [0, 0.1) is 0 Å². The fourth-order valence-electron chi connectivity index (χ4n) is 4.34. The fraction of sp³-hybridized carbons (Fsp3) is 0.208. The van der Waals surface area contributed by atoms with Gasteiger partial charge in [0.15, 0.2) is 0 Å². The van der Waals surface area contributed by atoms with Crippen molar-refractivity contribution in [2.45, 2.75) is 25.9 Å². The molecule has 0 aliphatic carbocycles. The third kappa shape index (κ3) is 3.38. The molecule has 156 valence electrons.